The number of anilines is 3. The quantitative estimate of drug-likeness (QED) is 0.149. The second-order valence-electron chi connectivity index (χ2n) is 23.7. The maximum atomic E-state index is 2.80. The molecule has 0 spiro atoms. The van der Waals surface area contributed by atoms with Crippen LogP contribution >= 0.6 is 11.3 Å². The standard InChI is InChI=1S/C61H57BN2S/c1-57(2)26-27-58(3,4)44-30-35(23-24-43(44)57)63-48-32-40-37-18-13-14-21-42(37)61(9,10)52(40)51-39-20-15-19-38-50-36-17-12-11-16-34(36)22-25-47(50)64(54(38)39)62(53(48)51)56-55(63)41-31-45-46(33-49(41)65-56)60(7,8)29-28-59(45,5)6/h11-25,30-33H,26-29H2,1-10H3. The summed E-state index contributed by atoms with van der Waals surface area (Å²) in [4.78, 5) is 2.77. The summed E-state index contributed by atoms with van der Waals surface area (Å²) in [6, 6.07) is 46.0. The molecule has 65 heavy (non-hydrogen) atoms. The smallest absolute Gasteiger partial charge is 0.343 e. The van der Waals surface area contributed by atoms with Crippen LogP contribution < -0.4 is 15.1 Å². The zero-order chi connectivity index (χ0) is 44.5. The van der Waals surface area contributed by atoms with Crippen LogP contribution in [0.1, 0.15) is 128 Å². The van der Waals surface area contributed by atoms with Gasteiger partial charge in [-0.3, -0.25) is 0 Å². The van der Waals surface area contributed by atoms with Gasteiger partial charge in [0.05, 0.1) is 5.69 Å². The Morgan fingerprint density at radius 1 is 0.523 bits per heavy atom. The summed E-state index contributed by atoms with van der Waals surface area (Å²) >= 11 is 2.07. The van der Waals surface area contributed by atoms with E-state index in [9.17, 15) is 0 Å². The fourth-order valence-electron chi connectivity index (χ4n) is 14.1. The van der Waals surface area contributed by atoms with Crippen LogP contribution in [0.2, 0.25) is 0 Å². The Morgan fingerprint density at radius 2 is 1.17 bits per heavy atom. The van der Waals surface area contributed by atoms with Crippen LogP contribution in [0.3, 0.4) is 0 Å². The fourth-order valence-corrected chi connectivity index (χ4v) is 15.4. The van der Waals surface area contributed by atoms with Gasteiger partial charge in [0.15, 0.2) is 0 Å². The van der Waals surface area contributed by atoms with E-state index in [1.54, 1.807) is 0 Å². The minimum atomic E-state index is -0.188. The highest BCUT2D eigenvalue weighted by Gasteiger charge is 2.50. The monoisotopic (exact) mass is 860 g/mol. The number of hydrogen-bond donors (Lipinski definition) is 0. The van der Waals surface area contributed by atoms with Gasteiger partial charge < -0.3 is 9.38 Å². The lowest BCUT2D eigenvalue weighted by atomic mass is 9.47. The van der Waals surface area contributed by atoms with Gasteiger partial charge in [-0.25, -0.2) is 0 Å². The number of hydrogen-bond acceptors (Lipinski definition) is 2. The first-order valence-electron chi connectivity index (χ1n) is 24.3. The number of fused-ring (bicyclic) bond motifs is 17. The zero-order valence-electron chi connectivity index (χ0n) is 39.7. The third kappa shape index (κ3) is 4.72. The average molecular weight is 861 g/mol. The highest BCUT2D eigenvalue weighted by molar-refractivity contribution is 7.32. The lowest BCUT2D eigenvalue weighted by molar-refractivity contribution is 0.332. The number of para-hydroxylation sites is 1. The van der Waals surface area contributed by atoms with E-state index in [1.165, 1.54) is 151 Å². The van der Waals surface area contributed by atoms with Gasteiger partial charge in [0.2, 0.25) is 0 Å². The molecule has 0 saturated carbocycles. The van der Waals surface area contributed by atoms with E-state index in [0.29, 0.717) is 0 Å². The third-order valence-electron chi connectivity index (χ3n) is 17.8. The summed E-state index contributed by atoms with van der Waals surface area (Å²) in [5.74, 6) is 0. The van der Waals surface area contributed by atoms with Crippen molar-refractivity contribution in [3.63, 3.8) is 0 Å². The Bertz CT molecular complexity index is 3660. The van der Waals surface area contributed by atoms with Crippen molar-refractivity contribution in [2.24, 2.45) is 0 Å². The number of nitrogens with zero attached hydrogens (tertiary/aromatic N) is 2. The van der Waals surface area contributed by atoms with Crippen LogP contribution in [0.15, 0.2) is 115 Å². The first-order chi connectivity index (χ1) is 31.0. The first-order valence-corrected chi connectivity index (χ1v) is 25.1. The number of aromatic nitrogens is 1. The predicted octanol–water partition coefficient (Wildman–Crippen LogP) is 15.6. The molecule has 4 heterocycles. The molecular weight excluding hydrogens is 804 g/mol. The summed E-state index contributed by atoms with van der Waals surface area (Å²) < 4.78 is 5.67. The van der Waals surface area contributed by atoms with E-state index in [1.807, 2.05) is 0 Å². The van der Waals surface area contributed by atoms with Crippen LogP contribution in [-0.4, -0.2) is 11.3 Å². The molecule has 0 bridgehead atoms. The minimum absolute atomic E-state index is 0.00410. The van der Waals surface area contributed by atoms with Crippen molar-refractivity contribution in [2.45, 2.75) is 122 Å². The van der Waals surface area contributed by atoms with Crippen LogP contribution in [0.4, 0.5) is 17.1 Å². The molecule has 2 aliphatic heterocycles. The predicted molar refractivity (Wildman–Crippen MR) is 281 cm³/mol. The highest BCUT2D eigenvalue weighted by Crippen LogP contribution is 2.59. The van der Waals surface area contributed by atoms with Gasteiger partial charge in [-0.2, -0.15) is 0 Å². The zero-order valence-corrected chi connectivity index (χ0v) is 40.5. The Kier molecular flexibility index (Phi) is 7.17. The Morgan fingerprint density at radius 3 is 1.94 bits per heavy atom. The van der Waals surface area contributed by atoms with Crippen molar-refractivity contribution in [3.05, 3.63) is 149 Å². The molecule has 0 N–H and O–H groups in total. The van der Waals surface area contributed by atoms with Crippen molar-refractivity contribution < 1.29 is 0 Å². The van der Waals surface area contributed by atoms with Crippen LogP contribution in [0.25, 0.3) is 64.9 Å². The maximum Gasteiger partial charge on any atom is 0.343 e. The number of benzene rings is 7. The molecule has 4 heteroatoms. The summed E-state index contributed by atoms with van der Waals surface area (Å²) in [5.41, 5.74) is 22.9. The van der Waals surface area contributed by atoms with E-state index in [4.69, 9.17) is 0 Å². The summed E-state index contributed by atoms with van der Waals surface area (Å²) in [6.07, 6.45) is 4.79. The average Bonchev–Trinajstić information content (AvgIpc) is 3.91. The van der Waals surface area contributed by atoms with Crippen molar-refractivity contribution in [3.8, 4) is 22.3 Å². The molecular formula is C61H57BN2S. The molecule has 0 atom stereocenters. The molecule has 5 aliphatic rings. The molecule has 14 rings (SSSR count). The van der Waals surface area contributed by atoms with Gasteiger partial charge in [0.25, 0.3) is 0 Å². The van der Waals surface area contributed by atoms with E-state index in [2.05, 4.69) is 205 Å². The molecule has 0 radical (unpaired) electrons. The second-order valence-corrected chi connectivity index (χ2v) is 24.8. The summed E-state index contributed by atoms with van der Waals surface area (Å²) in [5, 5.41) is 6.76. The molecule has 7 aromatic carbocycles. The topological polar surface area (TPSA) is 8.17 Å². The van der Waals surface area contributed by atoms with Crippen LogP contribution in [0, 0.1) is 0 Å². The van der Waals surface area contributed by atoms with Crippen LogP contribution in [0.5, 0.6) is 0 Å². The van der Waals surface area contributed by atoms with Gasteiger partial charge in [-0.15, -0.1) is 11.3 Å². The Hall–Kier alpha value is -5.58. The van der Waals surface area contributed by atoms with Gasteiger partial charge in [0, 0.05) is 59.0 Å². The molecule has 3 aliphatic carbocycles. The highest BCUT2D eigenvalue weighted by atomic mass is 32.1. The summed E-state index contributed by atoms with van der Waals surface area (Å²) in [7, 11) is 0. The van der Waals surface area contributed by atoms with Gasteiger partial charge in [0.1, 0.15) is 0 Å². The number of thiophene rings is 1. The van der Waals surface area contributed by atoms with E-state index >= 15 is 0 Å². The largest absolute Gasteiger partial charge is 0.375 e. The maximum absolute atomic E-state index is 2.80. The van der Waals surface area contributed by atoms with Gasteiger partial charge >= 0.3 is 6.85 Å². The van der Waals surface area contributed by atoms with E-state index < -0.39 is 0 Å². The minimum Gasteiger partial charge on any atom is -0.375 e. The molecule has 2 aromatic heterocycles. The van der Waals surface area contributed by atoms with Gasteiger partial charge in [-0.1, -0.05) is 148 Å². The lowest BCUT2D eigenvalue weighted by Crippen LogP contribution is -2.56. The first kappa shape index (κ1) is 38.7. The van der Waals surface area contributed by atoms with Crippen molar-refractivity contribution >= 4 is 88.2 Å². The normalized spacial score (nSPS) is 19.5. The second kappa shape index (κ2) is 12.1. The molecule has 2 nitrogen and oxygen atoms in total. The van der Waals surface area contributed by atoms with Crippen molar-refractivity contribution in [2.75, 3.05) is 4.90 Å². The summed E-state index contributed by atoms with van der Waals surface area (Å²) in [6.45, 7) is 24.8. The molecule has 9 aromatic rings. The molecule has 320 valence electrons. The molecule has 0 saturated heterocycles. The van der Waals surface area contributed by atoms with E-state index in [0.717, 1.165) is 0 Å². The SMILES string of the molecule is CC1(C)CCC(C)(C)c2cc(N3c4cc5c(c6c4B(c4sc7cc8c(cc7c43)C(C)(C)CCC8(C)C)n3c4ccc7ccccc7c4c4cccc-6c43)C(C)(C)c3ccccc3-5)ccc21. The van der Waals surface area contributed by atoms with Gasteiger partial charge in [-0.05, 0) is 150 Å². The van der Waals surface area contributed by atoms with Crippen LogP contribution in [-0.2, 0) is 27.1 Å². The Balaban J connectivity index is 1.19. The van der Waals surface area contributed by atoms with Crippen molar-refractivity contribution in [1.82, 2.24) is 4.48 Å². The Labute approximate surface area is 388 Å². The number of rotatable bonds is 1. The third-order valence-corrected chi connectivity index (χ3v) is 19.0. The van der Waals surface area contributed by atoms with E-state index in [-0.39, 0.29) is 33.9 Å². The molecule has 0 unspecified atom stereocenters. The van der Waals surface area contributed by atoms with Crippen molar-refractivity contribution in [1.29, 1.82) is 0 Å². The lowest BCUT2D eigenvalue weighted by Gasteiger charge is -2.44. The molecule has 0 fully saturated rings. The molecule has 0 amide bonds. The fraction of sp³-hybridized carbons (Fsp3) is 0.311.